The molecule has 1 aliphatic carbocycles. The molecule has 0 bridgehead atoms. The molecule has 0 heterocycles. The quantitative estimate of drug-likeness (QED) is 0.837. The summed E-state index contributed by atoms with van der Waals surface area (Å²) in [6, 6.07) is 4.26. The van der Waals surface area contributed by atoms with E-state index in [1.165, 1.54) is 12.1 Å². The molecule has 0 amide bonds. The number of halogens is 3. The first-order chi connectivity index (χ1) is 6.18. The zero-order chi connectivity index (χ0) is 9.42. The van der Waals surface area contributed by atoms with Crippen LogP contribution in [0, 0.1) is 11.7 Å². The lowest BCUT2D eigenvalue weighted by molar-refractivity contribution is 0.602. The summed E-state index contributed by atoms with van der Waals surface area (Å²) in [4.78, 5) is 0. The maximum atomic E-state index is 12.9. The third-order valence-electron chi connectivity index (χ3n) is 2.45. The van der Waals surface area contributed by atoms with Gasteiger partial charge in [0.25, 0.3) is 0 Å². The Hall–Kier alpha value is -0.310. The number of hydrogen-bond acceptors (Lipinski definition) is 1. The van der Waals surface area contributed by atoms with Crippen LogP contribution in [0.3, 0.4) is 0 Å². The highest BCUT2D eigenvalue weighted by atomic mass is 35.5. The van der Waals surface area contributed by atoms with Crippen molar-refractivity contribution in [2.24, 2.45) is 11.7 Å². The van der Waals surface area contributed by atoms with Crippen molar-refractivity contribution < 1.29 is 4.39 Å². The van der Waals surface area contributed by atoms with E-state index >= 15 is 0 Å². The SMILES string of the molecule is Cl.N[C@@H](c1cc(F)ccc1Cl)C1CC1. The number of hydrogen-bond donors (Lipinski definition) is 1. The molecule has 78 valence electrons. The van der Waals surface area contributed by atoms with Crippen LogP contribution < -0.4 is 5.73 Å². The molecule has 1 saturated carbocycles. The first-order valence-electron chi connectivity index (χ1n) is 4.39. The lowest BCUT2D eigenvalue weighted by Gasteiger charge is -2.12. The summed E-state index contributed by atoms with van der Waals surface area (Å²) in [5.74, 6) is 0.231. The van der Waals surface area contributed by atoms with Gasteiger partial charge in [-0.3, -0.25) is 0 Å². The molecule has 4 heteroatoms. The molecule has 2 N–H and O–H groups in total. The van der Waals surface area contributed by atoms with Crippen molar-refractivity contribution in [3.05, 3.63) is 34.6 Å². The van der Waals surface area contributed by atoms with Crippen molar-refractivity contribution in [3.8, 4) is 0 Å². The molecule has 14 heavy (non-hydrogen) atoms. The van der Waals surface area contributed by atoms with Crippen molar-refractivity contribution in [2.45, 2.75) is 18.9 Å². The van der Waals surface area contributed by atoms with Crippen molar-refractivity contribution in [2.75, 3.05) is 0 Å². The van der Waals surface area contributed by atoms with Crippen molar-refractivity contribution >= 4 is 24.0 Å². The Morgan fingerprint density at radius 1 is 1.43 bits per heavy atom. The molecular weight excluding hydrogens is 224 g/mol. The lowest BCUT2D eigenvalue weighted by Crippen LogP contribution is -2.13. The van der Waals surface area contributed by atoms with E-state index in [2.05, 4.69) is 0 Å². The van der Waals surface area contributed by atoms with Gasteiger partial charge >= 0.3 is 0 Å². The van der Waals surface area contributed by atoms with Crippen LogP contribution in [-0.2, 0) is 0 Å². The van der Waals surface area contributed by atoms with Gasteiger partial charge in [0.15, 0.2) is 0 Å². The van der Waals surface area contributed by atoms with Gasteiger partial charge in [0.2, 0.25) is 0 Å². The van der Waals surface area contributed by atoms with Crippen LogP contribution in [-0.4, -0.2) is 0 Å². The summed E-state index contributed by atoms with van der Waals surface area (Å²) >= 11 is 5.92. The Kier molecular flexibility index (Phi) is 3.76. The van der Waals surface area contributed by atoms with Gasteiger partial charge in [-0.15, -0.1) is 12.4 Å². The predicted molar refractivity (Wildman–Crippen MR) is 58.3 cm³/mol. The maximum Gasteiger partial charge on any atom is 0.123 e. The van der Waals surface area contributed by atoms with Gasteiger partial charge in [0, 0.05) is 11.1 Å². The van der Waals surface area contributed by atoms with Crippen LogP contribution in [0.1, 0.15) is 24.4 Å². The second-order valence-electron chi connectivity index (χ2n) is 3.53. The van der Waals surface area contributed by atoms with Crippen molar-refractivity contribution in [1.29, 1.82) is 0 Å². The van der Waals surface area contributed by atoms with Crippen LogP contribution in [0.5, 0.6) is 0 Å². The van der Waals surface area contributed by atoms with E-state index in [1.54, 1.807) is 6.07 Å². The van der Waals surface area contributed by atoms with Crippen LogP contribution in [0.15, 0.2) is 18.2 Å². The van der Waals surface area contributed by atoms with Crippen LogP contribution >= 0.6 is 24.0 Å². The lowest BCUT2D eigenvalue weighted by atomic mass is 10.0. The van der Waals surface area contributed by atoms with E-state index in [-0.39, 0.29) is 24.3 Å². The molecule has 1 aliphatic rings. The van der Waals surface area contributed by atoms with Gasteiger partial charge in [-0.1, -0.05) is 11.6 Å². The van der Waals surface area contributed by atoms with Crippen LogP contribution in [0.4, 0.5) is 4.39 Å². The smallest absolute Gasteiger partial charge is 0.123 e. The van der Waals surface area contributed by atoms with E-state index < -0.39 is 0 Å². The predicted octanol–water partition coefficient (Wildman–Crippen LogP) is 3.31. The van der Waals surface area contributed by atoms with Crippen LogP contribution in [0.25, 0.3) is 0 Å². The molecule has 1 atom stereocenters. The number of nitrogens with two attached hydrogens (primary N) is 1. The fourth-order valence-corrected chi connectivity index (χ4v) is 1.72. The summed E-state index contributed by atoms with van der Waals surface area (Å²) in [5, 5.41) is 0.570. The highest BCUT2D eigenvalue weighted by Crippen LogP contribution is 2.41. The van der Waals surface area contributed by atoms with E-state index in [0.29, 0.717) is 10.9 Å². The number of benzene rings is 1. The van der Waals surface area contributed by atoms with Crippen LogP contribution in [0.2, 0.25) is 5.02 Å². The molecule has 2 rings (SSSR count). The molecular formula is C10H12Cl2FN. The highest BCUT2D eigenvalue weighted by Gasteiger charge is 2.30. The molecule has 1 aromatic carbocycles. The molecule has 0 radical (unpaired) electrons. The average molecular weight is 236 g/mol. The van der Waals surface area contributed by atoms with Gasteiger partial charge < -0.3 is 5.73 Å². The van der Waals surface area contributed by atoms with Crippen molar-refractivity contribution in [1.82, 2.24) is 0 Å². The molecule has 1 fully saturated rings. The van der Waals surface area contributed by atoms with Gasteiger partial charge in [-0.2, -0.15) is 0 Å². The second-order valence-corrected chi connectivity index (χ2v) is 3.94. The summed E-state index contributed by atoms with van der Waals surface area (Å²) < 4.78 is 12.9. The van der Waals surface area contributed by atoms with Gasteiger partial charge in [0.1, 0.15) is 5.82 Å². The van der Waals surface area contributed by atoms with E-state index in [4.69, 9.17) is 17.3 Å². The van der Waals surface area contributed by atoms with Gasteiger partial charge in [-0.05, 0) is 42.5 Å². The first kappa shape index (κ1) is 11.8. The van der Waals surface area contributed by atoms with Gasteiger partial charge in [0.05, 0.1) is 0 Å². The molecule has 0 spiro atoms. The highest BCUT2D eigenvalue weighted by molar-refractivity contribution is 6.31. The number of rotatable bonds is 2. The fourth-order valence-electron chi connectivity index (χ4n) is 1.48. The molecule has 1 aromatic rings. The van der Waals surface area contributed by atoms with Crippen molar-refractivity contribution in [3.63, 3.8) is 0 Å². The Labute approximate surface area is 93.8 Å². The summed E-state index contributed by atoms with van der Waals surface area (Å²) in [5.41, 5.74) is 6.66. The van der Waals surface area contributed by atoms with E-state index in [9.17, 15) is 4.39 Å². The minimum atomic E-state index is -0.268. The Morgan fingerprint density at radius 2 is 2.07 bits per heavy atom. The third-order valence-corrected chi connectivity index (χ3v) is 2.79. The minimum Gasteiger partial charge on any atom is -0.324 e. The molecule has 0 aliphatic heterocycles. The fraction of sp³-hybridized carbons (Fsp3) is 0.400. The Bertz CT molecular complexity index is 326. The topological polar surface area (TPSA) is 26.0 Å². The summed E-state index contributed by atoms with van der Waals surface area (Å²) in [6.07, 6.45) is 2.27. The van der Waals surface area contributed by atoms with E-state index in [1.807, 2.05) is 0 Å². The minimum absolute atomic E-state index is 0. The first-order valence-corrected chi connectivity index (χ1v) is 4.77. The molecule has 0 unspecified atom stereocenters. The zero-order valence-electron chi connectivity index (χ0n) is 7.54. The zero-order valence-corrected chi connectivity index (χ0v) is 9.11. The summed E-state index contributed by atoms with van der Waals surface area (Å²) in [6.45, 7) is 0. The molecule has 0 saturated heterocycles. The van der Waals surface area contributed by atoms with Gasteiger partial charge in [-0.25, -0.2) is 4.39 Å². The second kappa shape index (κ2) is 4.47. The standard InChI is InChI=1S/C10H11ClFN.ClH/c11-9-4-3-7(12)5-8(9)10(13)6-1-2-6;/h3-6,10H,1-2,13H2;1H/t10-;/m1./s1. The molecule has 0 aromatic heterocycles. The Morgan fingerprint density at radius 3 is 2.64 bits per heavy atom. The van der Waals surface area contributed by atoms with E-state index in [0.717, 1.165) is 18.4 Å². The third kappa shape index (κ3) is 2.38. The molecule has 1 nitrogen and oxygen atoms in total. The Balaban J connectivity index is 0.000000980. The largest absolute Gasteiger partial charge is 0.324 e. The average Bonchev–Trinajstić information content (AvgIpc) is 2.91. The normalized spacial score (nSPS) is 17.4. The maximum absolute atomic E-state index is 12.9. The summed E-state index contributed by atoms with van der Waals surface area (Å²) in [7, 11) is 0. The monoisotopic (exact) mass is 235 g/mol.